The van der Waals surface area contributed by atoms with Gasteiger partial charge in [0.25, 0.3) is 0 Å². The first kappa shape index (κ1) is 7.34. The topological polar surface area (TPSA) is 23.9 Å². The van der Waals surface area contributed by atoms with E-state index in [0.717, 1.165) is 0 Å². The first-order chi connectivity index (χ1) is 3.55. The van der Waals surface area contributed by atoms with Crippen molar-refractivity contribution in [3.8, 4) is 0 Å². The lowest BCUT2D eigenvalue weighted by Gasteiger charge is -2.01. The molecule has 0 aromatic carbocycles. The number of allylic oxidation sites excluding steroid dienone is 1. The van der Waals surface area contributed by atoms with Crippen molar-refractivity contribution in [2.45, 2.75) is 20.0 Å². The number of hydrogen-bond donors (Lipinski definition) is 1. The Bertz CT molecular complexity index is 116. The molecule has 1 atom stereocenters. The van der Waals surface area contributed by atoms with Crippen LogP contribution in [0.1, 0.15) is 13.8 Å². The molecule has 46 valence electrons. The Morgan fingerprint density at radius 1 is 1.75 bits per heavy atom. The van der Waals surface area contributed by atoms with Crippen LogP contribution < -0.4 is 0 Å². The normalized spacial score (nSPS) is 12.9. The van der Waals surface area contributed by atoms with Gasteiger partial charge in [0.2, 0.25) is 0 Å². The van der Waals surface area contributed by atoms with Crippen LogP contribution in [0.4, 0.5) is 4.39 Å². The summed E-state index contributed by atoms with van der Waals surface area (Å²) in [5, 5.41) is 6.89. The minimum absolute atomic E-state index is 0.222. The maximum Gasteiger partial charge on any atom is 0.123 e. The summed E-state index contributed by atoms with van der Waals surface area (Å²) >= 11 is 0. The molecule has 0 aromatic rings. The lowest BCUT2D eigenvalue weighted by Crippen LogP contribution is -2.04. The molecule has 0 radical (unpaired) electrons. The fourth-order valence-corrected chi connectivity index (χ4v) is 0.298. The van der Waals surface area contributed by atoms with Crippen molar-refractivity contribution in [2.24, 2.45) is 0 Å². The third kappa shape index (κ3) is 1.87. The van der Waals surface area contributed by atoms with Gasteiger partial charge in [-0.15, -0.1) is 0 Å². The van der Waals surface area contributed by atoms with Crippen LogP contribution in [0.3, 0.4) is 0 Å². The van der Waals surface area contributed by atoms with Gasteiger partial charge in [-0.1, -0.05) is 6.58 Å². The Hall–Kier alpha value is -0.660. The van der Waals surface area contributed by atoms with Gasteiger partial charge < -0.3 is 5.41 Å². The summed E-state index contributed by atoms with van der Waals surface area (Å²) in [4.78, 5) is 0. The van der Waals surface area contributed by atoms with Crippen LogP contribution in [0.15, 0.2) is 12.2 Å². The van der Waals surface area contributed by atoms with Crippen LogP contribution in [0.25, 0.3) is 0 Å². The van der Waals surface area contributed by atoms with E-state index in [-0.39, 0.29) is 11.3 Å². The molecule has 8 heavy (non-hydrogen) atoms. The number of nitrogens with one attached hydrogen (secondary N) is 1. The van der Waals surface area contributed by atoms with Crippen molar-refractivity contribution >= 4 is 5.71 Å². The first-order valence-corrected chi connectivity index (χ1v) is 2.44. The summed E-state index contributed by atoms with van der Waals surface area (Å²) in [5.74, 6) is 0. The smallest absolute Gasteiger partial charge is 0.123 e. The average Bonchev–Trinajstić information content (AvgIpc) is 1.64. The van der Waals surface area contributed by atoms with Crippen LogP contribution in [-0.2, 0) is 0 Å². The molecular formula is C6H10FN. The van der Waals surface area contributed by atoms with Crippen molar-refractivity contribution in [2.75, 3.05) is 0 Å². The maximum absolute atomic E-state index is 12.1. The van der Waals surface area contributed by atoms with Gasteiger partial charge in [-0.3, -0.25) is 0 Å². The molecule has 0 amide bonds. The van der Waals surface area contributed by atoms with Gasteiger partial charge in [-0.05, 0) is 19.4 Å². The zero-order chi connectivity index (χ0) is 6.73. The lowest BCUT2D eigenvalue weighted by molar-refractivity contribution is 0.421. The van der Waals surface area contributed by atoms with E-state index in [0.29, 0.717) is 0 Å². The summed E-state index contributed by atoms with van der Waals surface area (Å²) in [6.45, 7) is 6.26. The molecule has 0 fully saturated rings. The van der Waals surface area contributed by atoms with E-state index in [2.05, 4.69) is 6.58 Å². The average molecular weight is 115 g/mol. The van der Waals surface area contributed by atoms with Crippen molar-refractivity contribution in [1.82, 2.24) is 0 Å². The van der Waals surface area contributed by atoms with Crippen molar-refractivity contribution in [1.29, 1.82) is 5.41 Å². The summed E-state index contributed by atoms with van der Waals surface area (Å²) in [6, 6.07) is 0. The van der Waals surface area contributed by atoms with E-state index in [1.165, 1.54) is 13.8 Å². The highest BCUT2D eigenvalue weighted by Gasteiger charge is 2.03. The minimum atomic E-state index is -1.08. The Morgan fingerprint density at radius 3 is 2.12 bits per heavy atom. The quantitative estimate of drug-likeness (QED) is 0.532. The summed E-state index contributed by atoms with van der Waals surface area (Å²) in [5.41, 5.74) is 0.491. The molecule has 0 aliphatic rings. The van der Waals surface area contributed by atoms with E-state index >= 15 is 0 Å². The predicted octanol–water partition coefficient (Wildman–Crippen LogP) is 1.94. The largest absolute Gasteiger partial charge is 0.305 e. The molecule has 0 aliphatic carbocycles. The summed E-state index contributed by atoms with van der Waals surface area (Å²) < 4.78 is 12.1. The van der Waals surface area contributed by atoms with Crippen LogP contribution in [0, 0.1) is 5.41 Å². The van der Waals surface area contributed by atoms with E-state index in [1.807, 2.05) is 0 Å². The molecule has 0 aliphatic heterocycles. The lowest BCUT2D eigenvalue weighted by atomic mass is 10.1. The van der Waals surface area contributed by atoms with Gasteiger partial charge in [-0.25, -0.2) is 4.39 Å². The summed E-state index contributed by atoms with van der Waals surface area (Å²) in [6.07, 6.45) is -1.08. The van der Waals surface area contributed by atoms with Crippen LogP contribution in [0.2, 0.25) is 0 Å². The molecular weight excluding hydrogens is 105 g/mol. The van der Waals surface area contributed by atoms with Gasteiger partial charge in [-0.2, -0.15) is 0 Å². The fourth-order valence-electron chi connectivity index (χ4n) is 0.298. The highest BCUT2D eigenvalue weighted by atomic mass is 19.1. The zero-order valence-electron chi connectivity index (χ0n) is 5.16. The highest BCUT2D eigenvalue weighted by molar-refractivity contribution is 5.95. The molecule has 0 rings (SSSR count). The molecule has 2 heteroatoms. The third-order valence-electron chi connectivity index (χ3n) is 0.962. The number of rotatable bonds is 2. The van der Waals surface area contributed by atoms with Crippen molar-refractivity contribution in [3.05, 3.63) is 12.2 Å². The Kier molecular flexibility index (Phi) is 2.38. The molecule has 1 N–H and O–H groups in total. The number of halogens is 1. The van der Waals surface area contributed by atoms with Gasteiger partial charge in [0.15, 0.2) is 0 Å². The first-order valence-electron chi connectivity index (χ1n) is 2.44. The second kappa shape index (κ2) is 2.60. The van der Waals surface area contributed by atoms with Gasteiger partial charge in [0.05, 0.1) is 0 Å². The van der Waals surface area contributed by atoms with Gasteiger partial charge in [0, 0.05) is 5.71 Å². The van der Waals surface area contributed by atoms with Crippen LogP contribution in [-0.4, -0.2) is 11.9 Å². The highest BCUT2D eigenvalue weighted by Crippen LogP contribution is 2.02. The maximum atomic E-state index is 12.1. The Morgan fingerprint density at radius 2 is 2.12 bits per heavy atom. The molecule has 0 heterocycles. The monoisotopic (exact) mass is 115 g/mol. The number of hydrogen-bond acceptors (Lipinski definition) is 1. The SMILES string of the molecule is C=C(C(C)=N)C(C)F. The van der Waals surface area contributed by atoms with Gasteiger partial charge >= 0.3 is 0 Å². The third-order valence-corrected chi connectivity index (χ3v) is 0.962. The molecule has 1 nitrogen and oxygen atoms in total. The van der Waals surface area contributed by atoms with Crippen molar-refractivity contribution in [3.63, 3.8) is 0 Å². The molecule has 0 spiro atoms. The fraction of sp³-hybridized carbons (Fsp3) is 0.500. The van der Waals surface area contributed by atoms with E-state index in [4.69, 9.17) is 5.41 Å². The van der Waals surface area contributed by atoms with Gasteiger partial charge in [0.1, 0.15) is 6.17 Å². The summed E-state index contributed by atoms with van der Waals surface area (Å²) in [7, 11) is 0. The van der Waals surface area contributed by atoms with E-state index < -0.39 is 6.17 Å². The number of alkyl halides is 1. The second-order valence-corrected chi connectivity index (χ2v) is 1.77. The molecule has 0 saturated carbocycles. The Labute approximate surface area is 48.7 Å². The predicted molar refractivity (Wildman–Crippen MR) is 33.1 cm³/mol. The van der Waals surface area contributed by atoms with E-state index in [9.17, 15) is 4.39 Å². The molecule has 0 aromatic heterocycles. The minimum Gasteiger partial charge on any atom is -0.305 e. The zero-order valence-corrected chi connectivity index (χ0v) is 5.16. The molecule has 1 unspecified atom stereocenters. The van der Waals surface area contributed by atoms with Crippen molar-refractivity contribution < 1.29 is 4.39 Å². The standard InChI is InChI=1S/C6H10FN/c1-4(5(2)7)6(3)8/h5,8H,1H2,2-3H3. The Balaban J connectivity index is 3.84. The van der Waals surface area contributed by atoms with Crippen LogP contribution in [0.5, 0.6) is 0 Å². The molecule has 0 saturated heterocycles. The second-order valence-electron chi connectivity index (χ2n) is 1.77. The van der Waals surface area contributed by atoms with Crippen LogP contribution >= 0.6 is 0 Å². The van der Waals surface area contributed by atoms with E-state index in [1.54, 1.807) is 0 Å². The molecule has 0 bridgehead atoms.